The molecule has 0 spiro atoms. The molecule has 0 saturated heterocycles. The van der Waals surface area contributed by atoms with Crippen LogP contribution in [0.25, 0.3) is 0 Å². The molecule has 0 radical (unpaired) electrons. The lowest BCUT2D eigenvalue weighted by Gasteiger charge is -2.12. The van der Waals surface area contributed by atoms with Crippen LogP contribution in [-0.4, -0.2) is 18.5 Å². The van der Waals surface area contributed by atoms with Crippen molar-refractivity contribution >= 4 is 11.9 Å². The average Bonchev–Trinajstić information content (AvgIpc) is 2.74. The number of esters is 2. The average molecular weight is 397 g/mol. The van der Waals surface area contributed by atoms with Crippen molar-refractivity contribution in [1.82, 2.24) is 0 Å². The lowest BCUT2D eigenvalue weighted by Crippen LogP contribution is -2.16. The highest BCUT2D eigenvalue weighted by molar-refractivity contribution is 6.03. The highest BCUT2D eigenvalue weighted by Crippen LogP contribution is 2.22. The van der Waals surface area contributed by atoms with E-state index in [9.17, 15) is 9.59 Å². The maximum absolute atomic E-state index is 12.7. The molecule has 0 N–H and O–H groups in total. The topological polar surface area (TPSA) is 52.6 Å². The van der Waals surface area contributed by atoms with Crippen LogP contribution in [0.1, 0.15) is 85.1 Å². The summed E-state index contributed by atoms with van der Waals surface area (Å²) >= 11 is 0. The Hall–Kier alpha value is -2.62. The first kappa shape index (κ1) is 22.7. The van der Waals surface area contributed by atoms with E-state index in [-0.39, 0.29) is 11.1 Å². The second-order valence-electron chi connectivity index (χ2n) is 7.20. The van der Waals surface area contributed by atoms with Crippen molar-refractivity contribution in [2.75, 3.05) is 6.61 Å². The number of unbranched alkanes of at least 4 members (excludes halogenated alkanes) is 5. The first-order valence-corrected chi connectivity index (χ1v) is 10.7. The van der Waals surface area contributed by atoms with Crippen LogP contribution in [0.15, 0.2) is 48.5 Å². The third-order valence-electron chi connectivity index (χ3n) is 4.79. The molecular weight excluding hydrogens is 364 g/mol. The van der Waals surface area contributed by atoms with Crippen LogP contribution in [0.4, 0.5) is 0 Å². The van der Waals surface area contributed by atoms with Crippen LogP contribution in [-0.2, 0) is 11.2 Å². The van der Waals surface area contributed by atoms with Crippen LogP contribution >= 0.6 is 0 Å². The number of benzene rings is 2. The van der Waals surface area contributed by atoms with Gasteiger partial charge in [-0.2, -0.15) is 0 Å². The van der Waals surface area contributed by atoms with E-state index in [0.29, 0.717) is 12.4 Å². The molecule has 0 fully saturated rings. The molecule has 0 aromatic heterocycles. The van der Waals surface area contributed by atoms with Crippen molar-refractivity contribution in [2.24, 2.45) is 0 Å². The summed E-state index contributed by atoms with van der Waals surface area (Å²) in [5, 5.41) is 0. The number of aryl methyl sites for hydroxylation is 1. The van der Waals surface area contributed by atoms with E-state index in [1.54, 1.807) is 30.3 Å². The zero-order valence-corrected chi connectivity index (χ0v) is 17.6. The zero-order valence-electron chi connectivity index (χ0n) is 17.6. The molecule has 0 amide bonds. The predicted molar refractivity (Wildman–Crippen MR) is 115 cm³/mol. The molecule has 0 bridgehead atoms. The summed E-state index contributed by atoms with van der Waals surface area (Å²) in [6, 6.07) is 14.2. The molecule has 0 aliphatic carbocycles. The Balaban J connectivity index is 1.97. The van der Waals surface area contributed by atoms with Crippen LogP contribution in [0, 0.1) is 0 Å². The lowest BCUT2D eigenvalue weighted by molar-refractivity contribution is 0.0489. The molecule has 2 rings (SSSR count). The van der Waals surface area contributed by atoms with Gasteiger partial charge in [0.1, 0.15) is 5.75 Å². The Kier molecular flexibility index (Phi) is 9.98. The van der Waals surface area contributed by atoms with E-state index in [4.69, 9.17) is 9.47 Å². The van der Waals surface area contributed by atoms with Crippen LogP contribution in [0.5, 0.6) is 5.75 Å². The summed E-state index contributed by atoms with van der Waals surface area (Å²) < 4.78 is 11.0. The third kappa shape index (κ3) is 7.37. The van der Waals surface area contributed by atoms with Gasteiger partial charge in [0, 0.05) is 0 Å². The molecule has 2 aromatic rings. The number of hydrogen-bond acceptors (Lipinski definition) is 4. The minimum atomic E-state index is -0.541. The largest absolute Gasteiger partial charge is 0.462 e. The van der Waals surface area contributed by atoms with Crippen LogP contribution in [0.2, 0.25) is 0 Å². The van der Waals surface area contributed by atoms with Gasteiger partial charge in [-0.1, -0.05) is 82.7 Å². The number of para-hydroxylation sites is 1. The van der Waals surface area contributed by atoms with Gasteiger partial charge in [0.05, 0.1) is 17.7 Å². The lowest BCUT2D eigenvalue weighted by atomic mass is 10.1. The molecular formula is C25H32O4. The molecule has 156 valence electrons. The van der Waals surface area contributed by atoms with Crippen molar-refractivity contribution in [1.29, 1.82) is 0 Å². The molecule has 0 aliphatic rings. The molecule has 0 aliphatic heterocycles. The predicted octanol–water partition coefficient (Wildman–Crippen LogP) is 6.38. The Bertz CT molecular complexity index is 782. The summed E-state index contributed by atoms with van der Waals surface area (Å²) in [7, 11) is 0. The Morgan fingerprint density at radius 1 is 0.724 bits per heavy atom. The number of rotatable bonds is 12. The van der Waals surface area contributed by atoms with Gasteiger partial charge in [-0.15, -0.1) is 0 Å². The highest BCUT2D eigenvalue weighted by Gasteiger charge is 2.20. The normalized spacial score (nSPS) is 10.6. The minimum Gasteiger partial charge on any atom is -0.462 e. The van der Waals surface area contributed by atoms with E-state index in [1.807, 2.05) is 18.2 Å². The number of hydrogen-bond donors (Lipinski definition) is 0. The number of carbonyl (C=O) groups is 2. The van der Waals surface area contributed by atoms with Crippen LogP contribution < -0.4 is 4.74 Å². The molecule has 2 aromatic carbocycles. The highest BCUT2D eigenvalue weighted by atomic mass is 16.5. The fourth-order valence-corrected chi connectivity index (χ4v) is 3.20. The Morgan fingerprint density at radius 2 is 1.34 bits per heavy atom. The summed E-state index contributed by atoms with van der Waals surface area (Å²) in [6.07, 6.45) is 8.50. The van der Waals surface area contributed by atoms with E-state index in [2.05, 4.69) is 13.8 Å². The summed E-state index contributed by atoms with van der Waals surface area (Å²) in [5.74, 6) is -0.483. The maximum atomic E-state index is 12.7. The van der Waals surface area contributed by atoms with Gasteiger partial charge >= 0.3 is 11.9 Å². The quantitative estimate of drug-likeness (QED) is 0.237. The molecule has 4 nitrogen and oxygen atoms in total. The monoisotopic (exact) mass is 396 g/mol. The van der Waals surface area contributed by atoms with Gasteiger partial charge in [-0.3, -0.25) is 0 Å². The van der Waals surface area contributed by atoms with Crippen molar-refractivity contribution in [2.45, 2.75) is 65.2 Å². The fraction of sp³-hybridized carbons (Fsp3) is 0.440. The fourth-order valence-electron chi connectivity index (χ4n) is 3.20. The van der Waals surface area contributed by atoms with Gasteiger partial charge in [0.2, 0.25) is 0 Å². The molecule has 29 heavy (non-hydrogen) atoms. The zero-order chi connectivity index (χ0) is 20.9. The molecule has 0 saturated carbocycles. The summed E-state index contributed by atoms with van der Waals surface area (Å²) in [6.45, 7) is 4.63. The van der Waals surface area contributed by atoms with E-state index < -0.39 is 11.9 Å². The third-order valence-corrected chi connectivity index (χ3v) is 4.79. The van der Waals surface area contributed by atoms with Crippen molar-refractivity contribution in [3.63, 3.8) is 0 Å². The Morgan fingerprint density at radius 3 is 2.07 bits per heavy atom. The van der Waals surface area contributed by atoms with Crippen molar-refractivity contribution in [3.05, 3.63) is 65.2 Å². The van der Waals surface area contributed by atoms with Gasteiger partial charge < -0.3 is 9.47 Å². The molecule has 0 atom stereocenters. The van der Waals surface area contributed by atoms with Crippen molar-refractivity contribution < 1.29 is 19.1 Å². The molecule has 0 heterocycles. The summed E-state index contributed by atoms with van der Waals surface area (Å²) in [4.78, 5) is 25.2. The smallest absolute Gasteiger partial charge is 0.344 e. The molecule has 0 unspecified atom stereocenters. The van der Waals surface area contributed by atoms with Gasteiger partial charge in [0.15, 0.2) is 0 Å². The minimum absolute atomic E-state index is 0.228. The first-order chi connectivity index (χ1) is 14.2. The number of carbonyl (C=O) groups excluding carboxylic acids is 2. The Labute approximate surface area is 174 Å². The van der Waals surface area contributed by atoms with E-state index in [0.717, 1.165) is 37.7 Å². The van der Waals surface area contributed by atoms with Gasteiger partial charge in [0.25, 0.3) is 0 Å². The first-order valence-electron chi connectivity index (χ1n) is 10.7. The maximum Gasteiger partial charge on any atom is 0.344 e. The van der Waals surface area contributed by atoms with Crippen molar-refractivity contribution in [3.8, 4) is 5.75 Å². The second-order valence-corrected chi connectivity index (χ2v) is 7.20. The SMILES string of the molecule is CCCCCCCCOC(=O)c1ccccc1C(=O)Oc1ccccc1CCC. The summed E-state index contributed by atoms with van der Waals surface area (Å²) in [5.41, 5.74) is 1.45. The van der Waals surface area contributed by atoms with Gasteiger partial charge in [-0.25, -0.2) is 9.59 Å². The van der Waals surface area contributed by atoms with Crippen LogP contribution in [0.3, 0.4) is 0 Å². The number of ether oxygens (including phenoxy) is 2. The second kappa shape index (κ2) is 12.8. The van der Waals surface area contributed by atoms with E-state index >= 15 is 0 Å². The molecule has 4 heteroatoms. The standard InChI is InChI=1S/C25H32O4/c1-3-5-6-7-8-13-19-28-24(26)21-16-10-11-17-22(21)25(27)29-23-18-12-9-15-20(23)14-4-2/h9-12,15-18H,3-8,13-14,19H2,1-2H3. The van der Waals surface area contributed by atoms with E-state index in [1.165, 1.54) is 19.3 Å². The van der Waals surface area contributed by atoms with Gasteiger partial charge in [-0.05, 0) is 36.6 Å².